The third-order valence-electron chi connectivity index (χ3n) is 3.38. The molecular formula is C13H20BrFN2. The predicted molar refractivity (Wildman–Crippen MR) is 73.2 cm³/mol. The quantitative estimate of drug-likeness (QED) is 0.877. The Bertz CT molecular complexity index is 382. The Morgan fingerprint density at radius 3 is 2.59 bits per heavy atom. The van der Waals surface area contributed by atoms with Crippen LogP contribution in [-0.2, 0) is 6.54 Å². The molecule has 0 aliphatic heterocycles. The van der Waals surface area contributed by atoms with Crippen molar-refractivity contribution >= 4 is 15.9 Å². The van der Waals surface area contributed by atoms with Crippen molar-refractivity contribution in [2.24, 2.45) is 11.7 Å². The maximum atomic E-state index is 13.1. The van der Waals surface area contributed by atoms with Crippen molar-refractivity contribution in [3.63, 3.8) is 0 Å². The van der Waals surface area contributed by atoms with Gasteiger partial charge in [0.25, 0.3) is 0 Å². The summed E-state index contributed by atoms with van der Waals surface area (Å²) in [4.78, 5) is 0. The Hall–Kier alpha value is -0.450. The zero-order chi connectivity index (χ0) is 13.1. The predicted octanol–water partition coefficient (Wildman–Crippen LogP) is 3.05. The minimum Gasteiger partial charge on any atom is -0.329 e. The summed E-state index contributed by atoms with van der Waals surface area (Å²) in [6.07, 6.45) is 0. The molecule has 0 heterocycles. The minimum atomic E-state index is -0.237. The molecule has 1 unspecified atom stereocenters. The van der Waals surface area contributed by atoms with Gasteiger partial charge in [-0.3, -0.25) is 0 Å². The molecule has 0 bridgehead atoms. The summed E-state index contributed by atoms with van der Waals surface area (Å²) in [7, 11) is 0. The van der Waals surface area contributed by atoms with Crippen molar-refractivity contribution in [2.45, 2.75) is 32.9 Å². The van der Waals surface area contributed by atoms with E-state index in [0.29, 0.717) is 23.5 Å². The van der Waals surface area contributed by atoms with Gasteiger partial charge in [0.1, 0.15) is 5.82 Å². The first-order chi connectivity index (χ1) is 7.89. The Balaban J connectivity index is 2.69. The first-order valence-corrected chi connectivity index (χ1v) is 6.57. The van der Waals surface area contributed by atoms with Crippen molar-refractivity contribution in [1.82, 2.24) is 5.32 Å². The monoisotopic (exact) mass is 302 g/mol. The van der Waals surface area contributed by atoms with Crippen LogP contribution in [0.2, 0.25) is 0 Å². The van der Waals surface area contributed by atoms with Gasteiger partial charge in [-0.05, 0) is 46.5 Å². The summed E-state index contributed by atoms with van der Waals surface area (Å²) >= 11 is 3.19. The average molecular weight is 303 g/mol. The van der Waals surface area contributed by atoms with Gasteiger partial charge in [0, 0.05) is 18.6 Å². The fourth-order valence-electron chi connectivity index (χ4n) is 1.47. The van der Waals surface area contributed by atoms with Crippen LogP contribution in [0.1, 0.15) is 26.3 Å². The molecular weight excluding hydrogens is 283 g/mol. The van der Waals surface area contributed by atoms with Crippen molar-refractivity contribution < 1.29 is 4.39 Å². The summed E-state index contributed by atoms with van der Waals surface area (Å²) in [5, 5.41) is 3.44. The van der Waals surface area contributed by atoms with Crippen LogP contribution in [0.25, 0.3) is 0 Å². The lowest BCUT2D eigenvalue weighted by Crippen LogP contribution is -2.52. The zero-order valence-corrected chi connectivity index (χ0v) is 12.1. The van der Waals surface area contributed by atoms with E-state index in [-0.39, 0.29) is 11.4 Å². The molecule has 0 aliphatic carbocycles. The SMILES string of the molecule is CC(C)C(C)(CN)NCc1ccc(F)c(Br)c1. The number of hydrogen-bond donors (Lipinski definition) is 2. The Morgan fingerprint density at radius 2 is 2.12 bits per heavy atom. The molecule has 0 radical (unpaired) electrons. The lowest BCUT2D eigenvalue weighted by Gasteiger charge is -2.34. The molecule has 0 saturated heterocycles. The second kappa shape index (κ2) is 5.94. The van der Waals surface area contributed by atoms with Gasteiger partial charge in [-0.25, -0.2) is 4.39 Å². The van der Waals surface area contributed by atoms with E-state index in [0.717, 1.165) is 5.56 Å². The summed E-state index contributed by atoms with van der Waals surface area (Å²) in [5.74, 6) is 0.204. The van der Waals surface area contributed by atoms with E-state index in [9.17, 15) is 4.39 Å². The number of halogens is 2. The van der Waals surface area contributed by atoms with Gasteiger partial charge < -0.3 is 11.1 Å². The first kappa shape index (κ1) is 14.6. The van der Waals surface area contributed by atoms with E-state index < -0.39 is 0 Å². The first-order valence-electron chi connectivity index (χ1n) is 5.78. The van der Waals surface area contributed by atoms with Crippen LogP contribution >= 0.6 is 15.9 Å². The minimum absolute atomic E-state index is 0.0964. The molecule has 3 N–H and O–H groups in total. The van der Waals surface area contributed by atoms with Crippen molar-refractivity contribution in [3.05, 3.63) is 34.1 Å². The topological polar surface area (TPSA) is 38.0 Å². The van der Waals surface area contributed by atoms with Gasteiger partial charge in [-0.1, -0.05) is 19.9 Å². The molecule has 17 heavy (non-hydrogen) atoms. The fraction of sp³-hybridized carbons (Fsp3) is 0.538. The van der Waals surface area contributed by atoms with Crippen molar-refractivity contribution in [2.75, 3.05) is 6.54 Å². The van der Waals surface area contributed by atoms with Crippen LogP contribution < -0.4 is 11.1 Å². The van der Waals surface area contributed by atoms with Gasteiger partial charge >= 0.3 is 0 Å². The Labute approximate surface area is 111 Å². The highest BCUT2D eigenvalue weighted by atomic mass is 79.9. The third kappa shape index (κ3) is 3.76. The summed E-state index contributed by atoms with van der Waals surface area (Å²) in [5.41, 5.74) is 6.74. The molecule has 1 atom stereocenters. The molecule has 2 nitrogen and oxygen atoms in total. The fourth-order valence-corrected chi connectivity index (χ4v) is 1.89. The van der Waals surface area contributed by atoms with Crippen LogP contribution in [0.5, 0.6) is 0 Å². The van der Waals surface area contributed by atoms with Gasteiger partial charge in [-0.15, -0.1) is 0 Å². The molecule has 0 amide bonds. The number of nitrogens with one attached hydrogen (secondary N) is 1. The Kier molecular flexibility index (Phi) is 5.10. The second-order valence-corrected chi connectivity index (χ2v) is 5.73. The molecule has 96 valence electrons. The summed E-state index contributed by atoms with van der Waals surface area (Å²) in [6, 6.07) is 5.04. The molecule has 0 fully saturated rings. The molecule has 0 aliphatic rings. The number of rotatable bonds is 5. The van der Waals surface area contributed by atoms with Crippen LogP contribution in [0.4, 0.5) is 4.39 Å². The Morgan fingerprint density at radius 1 is 1.47 bits per heavy atom. The molecule has 0 aromatic heterocycles. The number of nitrogens with two attached hydrogens (primary N) is 1. The molecule has 1 aromatic carbocycles. The standard InChI is InChI=1S/C13H20BrFN2/c1-9(2)13(3,8-16)17-7-10-4-5-12(15)11(14)6-10/h4-6,9,17H,7-8,16H2,1-3H3. The van der Waals surface area contributed by atoms with Gasteiger partial charge in [-0.2, -0.15) is 0 Å². The van der Waals surface area contributed by atoms with Crippen LogP contribution in [0, 0.1) is 11.7 Å². The highest BCUT2D eigenvalue weighted by Gasteiger charge is 2.25. The summed E-state index contributed by atoms with van der Waals surface area (Å²) in [6.45, 7) is 7.65. The van der Waals surface area contributed by atoms with E-state index in [1.54, 1.807) is 12.1 Å². The maximum absolute atomic E-state index is 13.1. The lowest BCUT2D eigenvalue weighted by atomic mass is 9.88. The average Bonchev–Trinajstić information content (AvgIpc) is 2.30. The molecule has 1 aromatic rings. The van der Waals surface area contributed by atoms with Crippen LogP contribution in [-0.4, -0.2) is 12.1 Å². The van der Waals surface area contributed by atoms with Crippen LogP contribution in [0.15, 0.2) is 22.7 Å². The molecule has 0 saturated carbocycles. The number of hydrogen-bond acceptors (Lipinski definition) is 2. The normalized spacial score (nSPS) is 15.0. The van der Waals surface area contributed by atoms with E-state index >= 15 is 0 Å². The number of benzene rings is 1. The second-order valence-electron chi connectivity index (χ2n) is 4.88. The summed E-state index contributed by atoms with van der Waals surface area (Å²) < 4.78 is 13.6. The van der Waals surface area contributed by atoms with E-state index in [4.69, 9.17) is 5.73 Å². The third-order valence-corrected chi connectivity index (χ3v) is 3.99. The van der Waals surface area contributed by atoms with Crippen molar-refractivity contribution in [3.8, 4) is 0 Å². The smallest absolute Gasteiger partial charge is 0.137 e. The maximum Gasteiger partial charge on any atom is 0.137 e. The van der Waals surface area contributed by atoms with E-state index in [1.807, 2.05) is 0 Å². The zero-order valence-electron chi connectivity index (χ0n) is 10.6. The largest absolute Gasteiger partial charge is 0.329 e. The van der Waals surface area contributed by atoms with Gasteiger partial charge in [0.2, 0.25) is 0 Å². The van der Waals surface area contributed by atoms with Gasteiger partial charge in [0.05, 0.1) is 4.47 Å². The van der Waals surface area contributed by atoms with E-state index in [1.165, 1.54) is 6.07 Å². The molecule has 1 rings (SSSR count). The van der Waals surface area contributed by atoms with Crippen molar-refractivity contribution in [1.29, 1.82) is 0 Å². The van der Waals surface area contributed by atoms with Gasteiger partial charge in [0.15, 0.2) is 0 Å². The molecule has 0 spiro atoms. The highest BCUT2D eigenvalue weighted by molar-refractivity contribution is 9.10. The van der Waals surface area contributed by atoms with E-state index in [2.05, 4.69) is 42.0 Å². The molecule has 4 heteroatoms. The lowest BCUT2D eigenvalue weighted by molar-refractivity contribution is 0.267. The van der Waals surface area contributed by atoms with Crippen LogP contribution in [0.3, 0.4) is 0 Å². The highest BCUT2D eigenvalue weighted by Crippen LogP contribution is 2.19.